The molecule has 4 rings (SSSR count). The van der Waals surface area contributed by atoms with E-state index in [2.05, 4.69) is 74.4 Å². The fraction of sp³-hybridized carbons (Fsp3) is 0.150. The number of nitrogens with one attached hydrogen (secondary N) is 1. The summed E-state index contributed by atoms with van der Waals surface area (Å²) >= 11 is 3.42. The minimum atomic E-state index is 0.417. The van der Waals surface area contributed by atoms with E-state index in [1.165, 1.54) is 5.56 Å². The first kappa shape index (κ1) is 16.7. The van der Waals surface area contributed by atoms with Gasteiger partial charge in [-0.15, -0.1) is 0 Å². The van der Waals surface area contributed by atoms with Crippen LogP contribution >= 0.6 is 15.9 Å². The second-order valence-electron chi connectivity index (χ2n) is 6.37. The van der Waals surface area contributed by atoms with Crippen LogP contribution in [0.5, 0.6) is 0 Å². The number of halogens is 1. The van der Waals surface area contributed by atoms with Crippen LogP contribution in [-0.2, 0) is 0 Å². The molecule has 26 heavy (non-hydrogen) atoms. The van der Waals surface area contributed by atoms with Gasteiger partial charge >= 0.3 is 0 Å². The first-order chi connectivity index (χ1) is 12.6. The summed E-state index contributed by atoms with van der Waals surface area (Å²) in [6, 6.07) is 18.1. The van der Waals surface area contributed by atoms with Crippen LogP contribution in [0.2, 0.25) is 0 Å². The Hall–Kier alpha value is -2.73. The molecule has 0 bridgehead atoms. The van der Waals surface area contributed by atoms with Gasteiger partial charge in [0.2, 0.25) is 5.82 Å². The third-order valence-electron chi connectivity index (χ3n) is 4.21. The van der Waals surface area contributed by atoms with Crippen molar-refractivity contribution in [2.24, 2.45) is 0 Å². The van der Waals surface area contributed by atoms with E-state index in [0.717, 1.165) is 21.3 Å². The van der Waals surface area contributed by atoms with E-state index >= 15 is 0 Å². The van der Waals surface area contributed by atoms with Crippen molar-refractivity contribution in [3.63, 3.8) is 0 Å². The number of aromatic nitrogens is 4. The van der Waals surface area contributed by atoms with E-state index in [1.54, 1.807) is 0 Å². The fourth-order valence-corrected chi connectivity index (χ4v) is 2.93. The maximum atomic E-state index is 5.39. The van der Waals surface area contributed by atoms with Gasteiger partial charge in [-0.05, 0) is 41.8 Å². The summed E-state index contributed by atoms with van der Waals surface area (Å²) in [4.78, 5) is 4.46. The van der Waals surface area contributed by atoms with Crippen LogP contribution in [0.25, 0.3) is 34.2 Å². The van der Waals surface area contributed by atoms with Gasteiger partial charge in [-0.2, -0.15) is 10.1 Å². The molecule has 0 radical (unpaired) electrons. The Morgan fingerprint density at radius 3 is 2.35 bits per heavy atom. The lowest BCUT2D eigenvalue weighted by atomic mass is 10.0. The van der Waals surface area contributed by atoms with Crippen LogP contribution in [0.3, 0.4) is 0 Å². The Labute approximate surface area is 159 Å². The molecule has 2 aromatic heterocycles. The molecule has 6 heteroatoms. The topological polar surface area (TPSA) is 67.6 Å². The van der Waals surface area contributed by atoms with Gasteiger partial charge in [0.1, 0.15) is 5.69 Å². The monoisotopic (exact) mass is 408 g/mol. The van der Waals surface area contributed by atoms with Gasteiger partial charge < -0.3 is 4.52 Å². The lowest BCUT2D eigenvalue weighted by Gasteiger charge is -2.05. The SMILES string of the molecule is CC(C)c1ccc(-c2cc(-c3nc(-c4ccc(Br)cc4)no3)[nH]n2)cc1. The zero-order valence-electron chi connectivity index (χ0n) is 14.4. The van der Waals surface area contributed by atoms with Crippen LogP contribution in [-0.4, -0.2) is 20.3 Å². The summed E-state index contributed by atoms with van der Waals surface area (Å²) in [5.41, 5.74) is 4.79. The highest BCUT2D eigenvalue weighted by Gasteiger charge is 2.14. The number of aromatic amines is 1. The lowest BCUT2D eigenvalue weighted by molar-refractivity contribution is 0.431. The number of nitrogens with zero attached hydrogens (tertiary/aromatic N) is 3. The maximum Gasteiger partial charge on any atom is 0.276 e. The van der Waals surface area contributed by atoms with E-state index in [4.69, 9.17) is 4.52 Å². The van der Waals surface area contributed by atoms with Gasteiger partial charge in [0.05, 0.1) is 5.69 Å². The molecule has 0 aliphatic carbocycles. The van der Waals surface area contributed by atoms with Crippen LogP contribution in [0.15, 0.2) is 63.6 Å². The Morgan fingerprint density at radius 1 is 0.962 bits per heavy atom. The van der Waals surface area contributed by atoms with Crippen molar-refractivity contribution in [2.75, 3.05) is 0 Å². The molecule has 4 aromatic rings. The van der Waals surface area contributed by atoms with Crippen molar-refractivity contribution in [3.05, 3.63) is 64.6 Å². The van der Waals surface area contributed by atoms with Crippen LogP contribution in [0.4, 0.5) is 0 Å². The van der Waals surface area contributed by atoms with E-state index < -0.39 is 0 Å². The van der Waals surface area contributed by atoms with Crippen molar-refractivity contribution in [3.8, 4) is 34.2 Å². The second kappa shape index (κ2) is 6.88. The quantitative estimate of drug-likeness (QED) is 0.471. The van der Waals surface area contributed by atoms with E-state index in [1.807, 2.05) is 30.3 Å². The predicted molar refractivity (Wildman–Crippen MR) is 105 cm³/mol. The molecule has 0 aliphatic heterocycles. The summed E-state index contributed by atoms with van der Waals surface area (Å²) in [5, 5.41) is 11.4. The zero-order chi connectivity index (χ0) is 18.1. The molecule has 0 saturated carbocycles. The average Bonchev–Trinajstić information content (AvgIpc) is 3.32. The summed E-state index contributed by atoms with van der Waals surface area (Å²) in [6.45, 7) is 4.36. The van der Waals surface area contributed by atoms with Gasteiger partial charge in [-0.1, -0.05) is 59.2 Å². The third kappa shape index (κ3) is 3.32. The molecule has 0 amide bonds. The van der Waals surface area contributed by atoms with Gasteiger partial charge in [-0.3, -0.25) is 5.10 Å². The Morgan fingerprint density at radius 2 is 1.65 bits per heavy atom. The minimum absolute atomic E-state index is 0.417. The summed E-state index contributed by atoms with van der Waals surface area (Å²) in [6.07, 6.45) is 0. The summed E-state index contributed by atoms with van der Waals surface area (Å²) < 4.78 is 6.40. The van der Waals surface area contributed by atoms with Crippen molar-refractivity contribution in [1.29, 1.82) is 0 Å². The highest BCUT2D eigenvalue weighted by Crippen LogP contribution is 2.26. The van der Waals surface area contributed by atoms with Crippen LogP contribution in [0, 0.1) is 0 Å². The molecular weight excluding hydrogens is 392 g/mol. The Balaban J connectivity index is 1.59. The fourth-order valence-electron chi connectivity index (χ4n) is 2.67. The maximum absolute atomic E-state index is 5.39. The lowest BCUT2D eigenvalue weighted by Crippen LogP contribution is -1.86. The first-order valence-electron chi connectivity index (χ1n) is 8.36. The van der Waals surface area contributed by atoms with Gasteiger partial charge in [0.15, 0.2) is 0 Å². The molecule has 1 N–H and O–H groups in total. The van der Waals surface area contributed by atoms with Crippen LogP contribution < -0.4 is 0 Å². The van der Waals surface area contributed by atoms with Gasteiger partial charge in [0.25, 0.3) is 5.89 Å². The first-order valence-corrected chi connectivity index (χ1v) is 9.15. The van der Waals surface area contributed by atoms with Gasteiger partial charge in [0, 0.05) is 15.6 Å². The van der Waals surface area contributed by atoms with E-state index in [-0.39, 0.29) is 0 Å². The van der Waals surface area contributed by atoms with Crippen molar-refractivity contribution >= 4 is 15.9 Å². The number of hydrogen-bond acceptors (Lipinski definition) is 4. The summed E-state index contributed by atoms with van der Waals surface area (Å²) in [7, 11) is 0. The normalized spacial score (nSPS) is 11.2. The Kier molecular flexibility index (Phi) is 4.42. The molecule has 0 atom stereocenters. The number of H-pyrrole nitrogens is 1. The third-order valence-corrected chi connectivity index (χ3v) is 4.74. The molecule has 2 heterocycles. The van der Waals surface area contributed by atoms with Gasteiger partial charge in [-0.25, -0.2) is 0 Å². The molecule has 0 saturated heterocycles. The molecule has 0 fully saturated rings. The van der Waals surface area contributed by atoms with Crippen molar-refractivity contribution < 1.29 is 4.52 Å². The van der Waals surface area contributed by atoms with Crippen molar-refractivity contribution in [1.82, 2.24) is 20.3 Å². The largest absolute Gasteiger partial charge is 0.332 e. The van der Waals surface area contributed by atoms with E-state index in [0.29, 0.717) is 23.3 Å². The highest BCUT2D eigenvalue weighted by molar-refractivity contribution is 9.10. The number of benzene rings is 2. The van der Waals surface area contributed by atoms with E-state index in [9.17, 15) is 0 Å². The molecule has 130 valence electrons. The van der Waals surface area contributed by atoms with Crippen LogP contribution in [0.1, 0.15) is 25.3 Å². The molecule has 0 aliphatic rings. The standard InChI is InChI=1S/C20H17BrN4O/c1-12(2)13-3-5-14(6-4-13)17-11-18(24-23-17)20-22-19(25-26-20)15-7-9-16(21)10-8-15/h3-12H,1-2H3,(H,23,24). The summed E-state index contributed by atoms with van der Waals surface area (Å²) in [5.74, 6) is 1.47. The molecule has 0 unspecified atom stereocenters. The molecule has 0 spiro atoms. The average molecular weight is 409 g/mol. The smallest absolute Gasteiger partial charge is 0.276 e. The zero-order valence-corrected chi connectivity index (χ0v) is 16.0. The number of hydrogen-bond donors (Lipinski definition) is 1. The molecular formula is C20H17BrN4O. The highest BCUT2D eigenvalue weighted by atomic mass is 79.9. The minimum Gasteiger partial charge on any atom is -0.332 e. The molecule has 5 nitrogen and oxygen atoms in total. The predicted octanol–water partition coefficient (Wildman–Crippen LogP) is 5.68. The number of rotatable bonds is 4. The second-order valence-corrected chi connectivity index (χ2v) is 7.29. The Bertz CT molecular complexity index is 1020. The van der Waals surface area contributed by atoms with Crippen molar-refractivity contribution in [2.45, 2.75) is 19.8 Å². The molecule has 2 aromatic carbocycles.